The molecule has 5 nitrogen and oxygen atoms in total. The summed E-state index contributed by atoms with van der Waals surface area (Å²) in [6, 6.07) is 19.5. The first-order chi connectivity index (χ1) is 14.9. The van der Waals surface area contributed by atoms with Gasteiger partial charge in [-0.1, -0.05) is 57.9 Å². The summed E-state index contributed by atoms with van der Waals surface area (Å²) in [6.45, 7) is 1.54. The molecule has 1 heterocycles. The van der Waals surface area contributed by atoms with Crippen LogP contribution < -0.4 is 15.5 Å². The smallest absolute Gasteiger partial charge is 0.262 e. The molecule has 0 fully saturated rings. The van der Waals surface area contributed by atoms with Gasteiger partial charge < -0.3 is 14.5 Å². The Balaban J connectivity index is 1.53. The summed E-state index contributed by atoms with van der Waals surface area (Å²) in [5, 5.41) is 3.56. The number of nitrogens with one attached hydrogen (secondary N) is 1. The topological polar surface area (TPSA) is 68.5 Å². The Morgan fingerprint density at radius 1 is 1.10 bits per heavy atom. The van der Waals surface area contributed by atoms with E-state index in [0.717, 1.165) is 10.0 Å². The van der Waals surface area contributed by atoms with Gasteiger partial charge in [0, 0.05) is 10.5 Å². The molecule has 1 N–H and O–H groups in total. The molecule has 0 aliphatic carbocycles. The summed E-state index contributed by atoms with van der Waals surface area (Å²) in [5.41, 5.74) is 2.12. The number of hydrogen-bond acceptors (Lipinski definition) is 4. The lowest BCUT2D eigenvalue weighted by atomic mass is 10.0. The fraction of sp³-hybridized carbons (Fsp3) is 0.0833. The van der Waals surface area contributed by atoms with E-state index < -0.39 is 0 Å². The van der Waals surface area contributed by atoms with E-state index in [1.807, 2.05) is 30.3 Å². The Hall–Kier alpha value is -3.09. The first kappa shape index (κ1) is 21.2. The highest BCUT2D eigenvalue weighted by Crippen LogP contribution is 2.27. The van der Waals surface area contributed by atoms with Crippen LogP contribution >= 0.6 is 27.5 Å². The molecular weight excluding hydrogens is 482 g/mol. The van der Waals surface area contributed by atoms with E-state index in [1.165, 1.54) is 0 Å². The molecule has 0 atom stereocenters. The third-order valence-electron chi connectivity index (χ3n) is 4.68. The molecule has 0 unspecified atom stereocenters. The summed E-state index contributed by atoms with van der Waals surface area (Å²) < 4.78 is 12.3. The molecule has 0 radical (unpaired) electrons. The summed E-state index contributed by atoms with van der Waals surface area (Å²) in [6.07, 6.45) is 0. The van der Waals surface area contributed by atoms with Crippen LogP contribution in [-0.4, -0.2) is 12.5 Å². The zero-order valence-electron chi connectivity index (χ0n) is 16.4. The second kappa shape index (κ2) is 8.96. The average molecular weight is 499 g/mol. The molecule has 4 aromatic rings. The Bertz CT molecular complexity index is 1330. The molecule has 4 rings (SSSR count). The molecule has 7 heteroatoms. The molecular formula is C24H17BrClNO4. The van der Waals surface area contributed by atoms with Crippen molar-refractivity contribution in [2.24, 2.45) is 0 Å². The van der Waals surface area contributed by atoms with E-state index in [1.54, 1.807) is 43.3 Å². The summed E-state index contributed by atoms with van der Waals surface area (Å²) in [7, 11) is 0. The molecule has 0 aliphatic heterocycles. The predicted octanol–water partition coefficient (Wildman–Crippen LogP) is 6.20. The van der Waals surface area contributed by atoms with Crippen LogP contribution in [0, 0.1) is 6.92 Å². The van der Waals surface area contributed by atoms with Crippen LogP contribution in [0.15, 0.2) is 80.4 Å². The molecule has 31 heavy (non-hydrogen) atoms. The fourth-order valence-electron chi connectivity index (χ4n) is 3.24. The maximum Gasteiger partial charge on any atom is 0.262 e. The van der Waals surface area contributed by atoms with Crippen LogP contribution in [0.3, 0.4) is 0 Å². The molecule has 0 saturated carbocycles. The van der Waals surface area contributed by atoms with Gasteiger partial charge in [-0.05, 0) is 42.8 Å². The molecule has 156 valence electrons. The number of ether oxygens (including phenoxy) is 1. The largest absolute Gasteiger partial charge is 0.484 e. The van der Waals surface area contributed by atoms with Crippen molar-refractivity contribution in [3.63, 3.8) is 0 Å². The number of rotatable bonds is 5. The number of anilines is 1. The first-order valence-electron chi connectivity index (χ1n) is 9.43. The van der Waals surface area contributed by atoms with Gasteiger partial charge >= 0.3 is 0 Å². The Morgan fingerprint density at radius 2 is 1.87 bits per heavy atom. The first-order valence-corrected chi connectivity index (χ1v) is 10.6. The quantitative estimate of drug-likeness (QED) is 0.356. The number of benzene rings is 3. The van der Waals surface area contributed by atoms with Crippen LogP contribution in [0.25, 0.3) is 22.1 Å². The SMILES string of the molecule is Cc1oc2cc(OCC(=O)Nc3ccc(Br)cc3Cl)ccc2c(=O)c1-c1ccccc1. The van der Waals surface area contributed by atoms with E-state index in [4.69, 9.17) is 20.8 Å². The number of halogens is 2. The van der Waals surface area contributed by atoms with Gasteiger partial charge in [-0.25, -0.2) is 0 Å². The standard InChI is InChI=1S/C24H17BrClNO4/c1-14-23(15-5-3-2-4-6-15)24(29)18-9-8-17(12-21(18)31-14)30-13-22(28)27-20-10-7-16(25)11-19(20)26/h2-12H,13H2,1H3,(H,27,28). The normalized spacial score (nSPS) is 10.8. The highest BCUT2D eigenvalue weighted by Gasteiger charge is 2.14. The molecule has 0 bridgehead atoms. The lowest BCUT2D eigenvalue weighted by molar-refractivity contribution is -0.118. The summed E-state index contributed by atoms with van der Waals surface area (Å²) in [5.74, 6) is 0.574. The maximum atomic E-state index is 13.0. The van der Waals surface area contributed by atoms with Gasteiger partial charge in [0.15, 0.2) is 6.61 Å². The van der Waals surface area contributed by atoms with Crippen molar-refractivity contribution in [3.8, 4) is 16.9 Å². The minimum atomic E-state index is -0.360. The van der Waals surface area contributed by atoms with Gasteiger partial charge in [0.2, 0.25) is 5.43 Å². The van der Waals surface area contributed by atoms with E-state index in [-0.39, 0.29) is 17.9 Å². The van der Waals surface area contributed by atoms with Crippen molar-refractivity contribution in [1.29, 1.82) is 0 Å². The maximum absolute atomic E-state index is 13.0. The number of fused-ring (bicyclic) bond motifs is 1. The summed E-state index contributed by atoms with van der Waals surface area (Å²) in [4.78, 5) is 25.2. The van der Waals surface area contributed by atoms with Gasteiger partial charge in [0.1, 0.15) is 17.1 Å². The van der Waals surface area contributed by atoms with Gasteiger partial charge in [-0.3, -0.25) is 9.59 Å². The van der Waals surface area contributed by atoms with Crippen LogP contribution in [0.5, 0.6) is 5.75 Å². The lowest BCUT2D eigenvalue weighted by Gasteiger charge is -2.10. The number of carbonyl (C=O) groups is 1. The zero-order valence-corrected chi connectivity index (χ0v) is 18.8. The second-order valence-electron chi connectivity index (χ2n) is 6.85. The molecule has 3 aromatic carbocycles. The second-order valence-corrected chi connectivity index (χ2v) is 8.17. The van der Waals surface area contributed by atoms with E-state index >= 15 is 0 Å². The highest BCUT2D eigenvalue weighted by molar-refractivity contribution is 9.10. The van der Waals surface area contributed by atoms with Gasteiger partial charge in [0.25, 0.3) is 5.91 Å². The minimum Gasteiger partial charge on any atom is -0.484 e. The lowest BCUT2D eigenvalue weighted by Crippen LogP contribution is -2.20. The van der Waals surface area contributed by atoms with Crippen LogP contribution in [0.2, 0.25) is 5.02 Å². The van der Waals surface area contributed by atoms with Crippen molar-refractivity contribution in [3.05, 3.63) is 92.2 Å². The number of aryl methyl sites for hydroxylation is 1. The fourth-order valence-corrected chi connectivity index (χ4v) is 3.96. The van der Waals surface area contributed by atoms with E-state index in [0.29, 0.717) is 38.8 Å². The van der Waals surface area contributed by atoms with Crippen molar-refractivity contribution < 1.29 is 13.9 Å². The number of amides is 1. The van der Waals surface area contributed by atoms with Crippen molar-refractivity contribution in [1.82, 2.24) is 0 Å². The number of hydrogen-bond donors (Lipinski definition) is 1. The van der Waals surface area contributed by atoms with Crippen LogP contribution in [-0.2, 0) is 4.79 Å². The van der Waals surface area contributed by atoms with Gasteiger partial charge in [0.05, 0.1) is 21.7 Å². The van der Waals surface area contributed by atoms with Crippen molar-refractivity contribution in [2.45, 2.75) is 6.92 Å². The Labute approximate surface area is 191 Å². The van der Waals surface area contributed by atoms with Gasteiger partial charge in [-0.2, -0.15) is 0 Å². The van der Waals surface area contributed by atoms with Gasteiger partial charge in [-0.15, -0.1) is 0 Å². The molecule has 0 aliphatic rings. The average Bonchev–Trinajstić information content (AvgIpc) is 2.75. The Kier molecular flexibility index (Phi) is 6.11. The molecule has 0 saturated heterocycles. The predicted molar refractivity (Wildman–Crippen MR) is 126 cm³/mol. The van der Waals surface area contributed by atoms with E-state index in [9.17, 15) is 9.59 Å². The number of carbonyl (C=O) groups excluding carboxylic acids is 1. The van der Waals surface area contributed by atoms with E-state index in [2.05, 4.69) is 21.2 Å². The van der Waals surface area contributed by atoms with Crippen LogP contribution in [0.1, 0.15) is 5.76 Å². The monoisotopic (exact) mass is 497 g/mol. The highest BCUT2D eigenvalue weighted by atomic mass is 79.9. The summed E-state index contributed by atoms with van der Waals surface area (Å²) >= 11 is 9.43. The minimum absolute atomic E-state index is 0.112. The Morgan fingerprint density at radius 3 is 2.61 bits per heavy atom. The van der Waals surface area contributed by atoms with Crippen LogP contribution in [0.4, 0.5) is 5.69 Å². The van der Waals surface area contributed by atoms with Crippen molar-refractivity contribution in [2.75, 3.05) is 11.9 Å². The molecule has 0 spiro atoms. The third kappa shape index (κ3) is 4.65. The molecule has 1 aromatic heterocycles. The molecule has 1 amide bonds. The zero-order chi connectivity index (χ0) is 22.0. The third-order valence-corrected chi connectivity index (χ3v) is 5.48. The van der Waals surface area contributed by atoms with Crippen molar-refractivity contribution >= 4 is 50.1 Å².